The lowest BCUT2D eigenvalue weighted by molar-refractivity contribution is -0.140. The number of methoxy groups -OCH3 is 1. The molecule has 32 heavy (non-hydrogen) atoms. The molecule has 170 valence electrons. The first-order chi connectivity index (χ1) is 15.3. The number of hydrogen-bond donors (Lipinski definition) is 1. The molecule has 1 N–H and O–H groups in total. The van der Waals surface area contributed by atoms with Crippen molar-refractivity contribution in [3.8, 4) is 5.75 Å². The second kappa shape index (κ2) is 10.4. The van der Waals surface area contributed by atoms with Gasteiger partial charge in [0.15, 0.2) is 0 Å². The number of likely N-dealkylation sites (tertiary alicyclic amines) is 1. The summed E-state index contributed by atoms with van der Waals surface area (Å²) in [5, 5.41) is 11.2. The molecule has 7 heteroatoms. The lowest BCUT2D eigenvalue weighted by Gasteiger charge is -2.25. The van der Waals surface area contributed by atoms with E-state index in [1.165, 1.54) is 4.90 Å². The minimum absolute atomic E-state index is 0.0654. The van der Waals surface area contributed by atoms with E-state index < -0.39 is 17.7 Å². The third-order valence-electron chi connectivity index (χ3n) is 5.31. The predicted octanol–water partition coefficient (Wildman–Crippen LogP) is 3.88. The number of aliphatic hydroxyl groups excluding tert-OH is 1. The standard InChI is InChI=1S/C25H30N2O5/c1-16(2)15-32-20-9-8-18(13-17(20)3)23(28)21-22(19-7-5-10-26-14-19)27(11-6-12-31-4)25(30)24(21)29/h5,7-10,13-14,16,22,28H,6,11-12,15H2,1-4H3/t22-/m0/s1. The first-order valence-corrected chi connectivity index (χ1v) is 10.8. The maximum Gasteiger partial charge on any atom is 0.295 e. The summed E-state index contributed by atoms with van der Waals surface area (Å²) in [5.41, 5.74) is 2.03. The quantitative estimate of drug-likeness (QED) is 0.277. The van der Waals surface area contributed by atoms with Crippen molar-refractivity contribution in [2.45, 2.75) is 33.2 Å². The molecule has 1 aromatic heterocycles. The van der Waals surface area contributed by atoms with Crippen LogP contribution in [0, 0.1) is 12.8 Å². The number of benzene rings is 1. The molecule has 2 heterocycles. The van der Waals surface area contributed by atoms with Crippen molar-refractivity contribution >= 4 is 17.4 Å². The molecular weight excluding hydrogens is 408 g/mol. The molecule has 0 aliphatic carbocycles. The Balaban J connectivity index is 2.03. The highest BCUT2D eigenvalue weighted by Crippen LogP contribution is 2.39. The lowest BCUT2D eigenvalue weighted by Crippen LogP contribution is -2.31. The fourth-order valence-corrected chi connectivity index (χ4v) is 3.74. The normalized spacial score (nSPS) is 17.9. The van der Waals surface area contributed by atoms with E-state index in [-0.39, 0.29) is 11.3 Å². The zero-order valence-corrected chi connectivity index (χ0v) is 19.0. The molecule has 0 bridgehead atoms. The number of aromatic nitrogens is 1. The molecule has 0 unspecified atom stereocenters. The van der Waals surface area contributed by atoms with Gasteiger partial charge in [0.05, 0.1) is 18.2 Å². The molecule has 0 radical (unpaired) electrons. The smallest absolute Gasteiger partial charge is 0.295 e. The number of carbonyl (C=O) groups is 2. The topological polar surface area (TPSA) is 89.0 Å². The maximum atomic E-state index is 13.0. The van der Waals surface area contributed by atoms with Crippen LogP contribution in [0.4, 0.5) is 0 Å². The van der Waals surface area contributed by atoms with Crippen molar-refractivity contribution in [2.24, 2.45) is 5.92 Å². The number of rotatable bonds is 9. The molecule has 1 aliphatic rings. The van der Waals surface area contributed by atoms with Crippen LogP contribution in [0.15, 0.2) is 48.3 Å². The van der Waals surface area contributed by atoms with Gasteiger partial charge in [0.2, 0.25) is 0 Å². The highest BCUT2D eigenvalue weighted by atomic mass is 16.5. The molecule has 1 amide bonds. The highest BCUT2D eigenvalue weighted by molar-refractivity contribution is 6.46. The number of Topliss-reactive ketones (excluding diaryl/α,β-unsaturated/α-hetero) is 1. The summed E-state index contributed by atoms with van der Waals surface area (Å²) in [7, 11) is 1.59. The number of aliphatic hydroxyl groups is 1. The Morgan fingerprint density at radius 2 is 2.03 bits per heavy atom. The van der Waals surface area contributed by atoms with Crippen molar-refractivity contribution in [1.29, 1.82) is 0 Å². The van der Waals surface area contributed by atoms with Gasteiger partial charge in [-0.1, -0.05) is 19.9 Å². The van der Waals surface area contributed by atoms with Crippen molar-refractivity contribution in [3.63, 3.8) is 0 Å². The van der Waals surface area contributed by atoms with Crippen LogP contribution in [0.5, 0.6) is 5.75 Å². The first kappa shape index (κ1) is 23.5. The van der Waals surface area contributed by atoms with E-state index in [0.717, 1.165) is 11.3 Å². The van der Waals surface area contributed by atoms with Crippen LogP contribution >= 0.6 is 0 Å². The molecule has 7 nitrogen and oxygen atoms in total. The Labute approximate surface area is 188 Å². The van der Waals surface area contributed by atoms with Gasteiger partial charge in [0.1, 0.15) is 11.5 Å². The molecule has 3 rings (SSSR count). The van der Waals surface area contributed by atoms with Gasteiger partial charge in [0.25, 0.3) is 11.7 Å². The van der Waals surface area contributed by atoms with E-state index in [1.807, 2.05) is 6.92 Å². The molecular formula is C25H30N2O5. The number of carbonyl (C=O) groups excluding carboxylic acids is 2. The summed E-state index contributed by atoms with van der Waals surface area (Å²) < 4.78 is 10.9. The van der Waals surface area contributed by atoms with E-state index >= 15 is 0 Å². The lowest BCUT2D eigenvalue weighted by atomic mass is 9.95. The number of pyridine rings is 1. The van der Waals surface area contributed by atoms with Gasteiger partial charge in [-0.3, -0.25) is 14.6 Å². The van der Waals surface area contributed by atoms with Crippen molar-refractivity contribution < 1.29 is 24.2 Å². The Hall–Kier alpha value is -3.19. The SMILES string of the molecule is COCCCN1C(=O)C(=O)C(=C(O)c2ccc(OCC(C)C)c(C)c2)[C@@H]1c1cccnc1. The van der Waals surface area contributed by atoms with Crippen LogP contribution in [0.25, 0.3) is 5.76 Å². The zero-order valence-electron chi connectivity index (χ0n) is 19.0. The zero-order chi connectivity index (χ0) is 23.3. The molecule has 1 atom stereocenters. The van der Waals surface area contributed by atoms with Crippen LogP contribution in [-0.4, -0.2) is 53.5 Å². The molecule has 1 aliphatic heterocycles. The largest absolute Gasteiger partial charge is 0.507 e. The second-order valence-corrected chi connectivity index (χ2v) is 8.31. The predicted molar refractivity (Wildman–Crippen MR) is 121 cm³/mol. The number of nitrogens with zero attached hydrogens (tertiary/aromatic N) is 2. The average molecular weight is 439 g/mol. The van der Waals surface area contributed by atoms with Crippen LogP contribution in [0.1, 0.15) is 43.0 Å². The molecule has 1 aromatic carbocycles. The number of ketones is 1. The van der Waals surface area contributed by atoms with Gasteiger partial charge in [-0.25, -0.2) is 0 Å². The van der Waals surface area contributed by atoms with Crippen molar-refractivity contribution in [2.75, 3.05) is 26.9 Å². The summed E-state index contributed by atoms with van der Waals surface area (Å²) in [5.74, 6) is -0.434. The highest BCUT2D eigenvalue weighted by Gasteiger charge is 2.45. The first-order valence-electron chi connectivity index (χ1n) is 10.8. The van der Waals surface area contributed by atoms with Crippen LogP contribution in [0.3, 0.4) is 0 Å². The van der Waals surface area contributed by atoms with Crippen molar-refractivity contribution in [3.05, 3.63) is 65.0 Å². The van der Waals surface area contributed by atoms with Gasteiger partial charge >= 0.3 is 0 Å². The number of ether oxygens (including phenoxy) is 2. The summed E-state index contributed by atoms with van der Waals surface area (Å²) in [6.07, 6.45) is 3.81. The fraction of sp³-hybridized carbons (Fsp3) is 0.400. The van der Waals surface area contributed by atoms with Crippen LogP contribution in [-0.2, 0) is 14.3 Å². The second-order valence-electron chi connectivity index (χ2n) is 8.31. The van der Waals surface area contributed by atoms with Gasteiger partial charge in [0, 0.05) is 38.2 Å². The summed E-state index contributed by atoms with van der Waals surface area (Å²) in [6, 6.07) is 8.09. The maximum absolute atomic E-state index is 13.0. The Kier molecular flexibility index (Phi) is 7.64. The number of aryl methyl sites for hydroxylation is 1. The van der Waals surface area contributed by atoms with E-state index in [2.05, 4.69) is 18.8 Å². The molecule has 2 aromatic rings. The molecule has 0 spiro atoms. The molecule has 0 saturated carbocycles. The van der Waals surface area contributed by atoms with Gasteiger partial charge < -0.3 is 19.5 Å². The molecule has 1 fully saturated rings. The van der Waals surface area contributed by atoms with E-state index in [1.54, 1.807) is 49.8 Å². The van der Waals surface area contributed by atoms with E-state index in [0.29, 0.717) is 43.2 Å². The summed E-state index contributed by atoms with van der Waals surface area (Å²) >= 11 is 0. The van der Waals surface area contributed by atoms with Crippen LogP contribution < -0.4 is 4.74 Å². The van der Waals surface area contributed by atoms with E-state index in [9.17, 15) is 14.7 Å². The Bertz CT molecular complexity index is 1000. The van der Waals surface area contributed by atoms with E-state index in [4.69, 9.17) is 9.47 Å². The molecule has 1 saturated heterocycles. The Morgan fingerprint density at radius 3 is 2.66 bits per heavy atom. The fourth-order valence-electron chi connectivity index (χ4n) is 3.74. The Morgan fingerprint density at radius 1 is 1.25 bits per heavy atom. The van der Waals surface area contributed by atoms with Crippen LogP contribution in [0.2, 0.25) is 0 Å². The van der Waals surface area contributed by atoms with Gasteiger partial charge in [-0.05, 0) is 54.7 Å². The minimum Gasteiger partial charge on any atom is -0.507 e. The third-order valence-corrected chi connectivity index (χ3v) is 5.31. The van der Waals surface area contributed by atoms with Gasteiger partial charge in [-0.15, -0.1) is 0 Å². The van der Waals surface area contributed by atoms with Crippen molar-refractivity contribution in [1.82, 2.24) is 9.88 Å². The third kappa shape index (κ3) is 4.99. The minimum atomic E-state index is -0.710. The number of amides is 1. The monoisotopic (exact) mass is 438 g/mol. The summed E-state index contributed by atoms with van der Waals surface area (Å²) in [4.78, 5) is 31.5. The summed E-state index contributed by atoms with van der Waals surface area (Å²) in [6.45, 7) is 7.39. The average Bonchev–Trinajstić information content (AvgIpc) is 3.03. The van der Waals surface area contributed by atoms with Gasteiger partial charge in [-0.2, -0.15) is 0 Å². The number of hydrogen-bond acceptors (Lipinski definition) is 6.